The molecule has 0 aliphatic rings. The lowest BCUT2D eigenvalue weighted by atomic mass is 10.1. The van der Waals surface area contributed by atoms with Gasteiger partial charge in [-0.2, -0.15) is 5.26 Å². The molecule has 0 bridgehead atoms. The van der Waals surface area contributed by atoms with Crippen LogP contribution in [0.15, 0.2) is 52.3 Å². The zero-order chi connectivity index (χ0) is 13.9. The highest BCUT2D eigenvalue weighted by Gasteiger charge is 2.05. The fourth-order valence-electron chi connectivity index (χ4n) is 2.09. The van der Waals surface area contributed by atoms with Crippen molar-refractivity contribution in [3.8, 4) is 6.07 Å². The largest absolute Gasteiger partial charge is 0.380 e. The quantitative estimate of drug-likeness (QED) is 0.714. The van der Waals surface area contributed by atoms with E-state index in [1.54, 1.807) is 11.3 Å². The molecule has 0 radical (unpaired) electrons. The monoisotopic (exact) mass is 342 g/mol. The average molecular weight is 343 g/mol. The van der Waals surface area contributed by atoms with E-state index in [1.165, 1.54) is 15.6 Å². The van der Waals surface area contributed by atoms with Gasteiger partial charge in [-0.05, 0) is 56.5 Å². The highest BCUT2D eigenvalue weighted by molar-refractivity contribution is 9.10. The molecule has 1 heterocycles. The molecule has 1 aromatic heterocycles. The Bertz CT molecular complexity index is 802. The number of rotatable bonds is 3. The maximum absolute atomic E-state index is 8.86. The summed E-state index contributed by atoms with van der Waals surface area (Å²) in [4.78, 5) is 0. The van der Waals surface area contributed by atoms with Crippen LogP contribution < -0.4 is 5.32 Å². The first kappa shape index (κ1) is 13.2. The number of halogens is 1. The fourth-order valence-corrected chi connectivity index (χ4v) is 3.57. The van der Waals surface area contributed by atoms with Crippen molar-refractivity contribution in [1.29, 1.82) is 5.26 Å². The Morgan fingerprint density at radius 2 is 2.05 bits per heavy atom. The van der Waals surface area contributed by atoms with E-state index in [1.807, 2.05) is 18.2 Å². The van der Waals surface area contributed by atoms with Crippen LogP contribution in [0, 0.1) is 11.3 Å². The van der Waals surface area contributed by atoms with E-state index in [2.05, 4.69) is 57.0 Å². The third-order valence-electron chi connectivity index (χ3n) is 3.13. The minimum absolute atomic E-state index is 0.656. The van der Waals surface area contributed by atoms with Gasteiger partial charge in [-0.15, -0.1) is 11.3 Å². The van der Waals surface area contributed by atoms with Crippen molar-refractivity contribution < 1.29 is 0 Å². The summed E-state index contributed by atoms with van der Waals surface area (Å²) in [6, 6.07) is 16.1. The number of fused-ring (bicyclic) bond motifs is 1. The normalized spacial score (nSPS) is 10.4. The zero-order valence-corrected chi connectivity index (χ0v) is 13.0. The topological polar surface area (TPSA) is 35.8 Å². The van der Waals surface area contributed by atoms with Crippen molar-refractivity contribution in [3.05, 3.63) is 63.4 Å². The number of nitrogens with zero attached hydrogens (tertiary/aromatic N) is 1. The Kier molecular flexibility index (Phi) is 3.72. The lowest BCUT2D eigenvalue weighted by Crippen LogP contribution is -1.99. The number of anilines is 1. The van der Waals surface area contributed by atoms with Crippen molar-refractivity contribution in [2.45, 2.75) is 6.54 Å². The third-order valence-corrected chi connectivity index (χ3v) is 4.80. The maximum Gasteiger partial charge on any atom is 0.0992 e. The summed E-state index contributed by atoms with van der Waals surface area (Å²) in [6.07, 6.45) is 0. The van der Waals surface area contributed by atoms with E-state index in [4.69, 9.17) is 5.26 Å². The van der Waals surface area contributed by atoms with E-state index in [0.717, 1.165) is 16.7 Å². The van der Waals surface area contributed by atoms with Gasteiger partial charge >= 0.3 is 0 Å². The second-order valence-electron chi connectivity index (χ2n) is 4.42. The first-order valence-corrected chi connectivity index (χ1v) is 7.84. The van der Waals surface area contributed by atoms with Gasteiger partial charge in [-0.3, -0.25) is 0 Å². The maximum atomic E-state index is 8.86. The molecule has 0 saturated carbocycles. The summed E-state index contributed by atoms with van der Waals surface area (Å²) < 4.78 is 2.22. The van der Waals surface area contributed by atoms with E-state index < -0.39 is 0 Å². The predicted octanol–water partition coefficient (Wildman–Crippen LogP) is 5.15. The van der Waals surface area contributed by atoms with Crippen LogP contribution in [0.4, 0.5) is 5.69 Å². The minimum Gasteiger partial charge on any atom is -0.380 e. The Balaban J connectivity index is 1.81. The Hall–Kier alpha value is -1.83. The van der Waals surface area contributed by atoms with Gasteiger partial charge < -0.3 is 5.32 Å². The summed E-state index contributed by atoms with van der Waals surface area (Å²) >= 11 is 5.26. The lowest BCUT2D eigenvalue weighted by molar-refractivity contribution is 1.17. The van der Waals surface area contributed by atoms with Gasteiger partial charge in [-0.25, -0.2) is 0 Å². The van der Waals surface area contributed by atoms with Crippen molar-refractivity contribution in [1.82, 2.24) is 0 Å². The van der Waals surface area contributed by atoms with Crippen molar-refractivity contribution >= 4 is 43.0 Å². The molecule has 3 aromatic rings. The minimum atomic E-state index is 0.656. The van der Waals surface area contributed by atoms with Gasteiger partial charge in [0.05, 0.1) is 11.6 Å². The van der Waals surface area contributed by atoms with E-state index >= 15 is 0 Å². The van der Waals surface area contributed by atoms with Crippen LogP contribution in [-0.2, 0) is 6.54 Å². The molecule has 4 heteroatoms. The molecule has 2 nitrogen and oxygen atoms in total. The average Bonchev–Trinajstić information content (AvgIpc) is 2.89. The number of nitrogens with one attached hydrogen (secondary N) is 1. The molecule has 2 aromatic carbocycles. The lowest BCUT2D eigenvalue weighted by Gasteiger charge is -2.08. The predicted molar refractivity (Wildman–Crippen MR) is 88.0 cm³/mol. The molecule has 0 aliphatic heterocycles. The number of hydrogen-bond acceptors (Lipinski definition) is 3. The number of benzene rings is 2. The molecule has 0 aliphatic carbocycles. The zero-order valence-electron chi connectivity index (χ0n) is 10.6. The molecule has 0 unspecified atom stereocenters. The van der Waals surface area contributed by atoms with Crippen LogP contribution in [0.25, 0.3) is 10.1 Å². The molecular weight excluding hydrogens is 332 g/mol. The van der Waals surface area contributed by atoms with Crippen LogP contribution in [0.5, 0.6) is 0 Å². The van der Waals surface area contributed by atoms with Crippen LogP contribution in [0.1, 0.15) is 11.1 Å². The molecule has 1 N–H and O–H groups in total. The summed E-state index contributed by atoms with van der Waals surface area (Å²) in [5.41, 5.74) is 2.95. The van der Waals surface area contributed by atoms with Crippen LogP contribution in [0.3, 0.4) is 0 Å². The van der Waals surface area contributed by atoms with Gasteiger partial charge in [0, 0.05) is 21.4 Å². The Labute approximate surface area is 129 Å². The molecule has 0 spiro atoms. The molecule has 0 amide bonds. The summed E-state index contributed by atoms with van der Waals surface area (Å²) in [5, 5.41) is 15.8. The first-order valence-electron chi connectivity index (χ1n) is 6.16. The highest BCUT2D eigenvalue weighted by Crippen LogP contribution is 2.28. The molecule has 0 fully saturated rings. The molecule has 0 atom stereocenters. The van der Waals surface area contributed by atoms with E-state index in [9.17, 15) is 0 Å². The van der Waals surface area contributed by atoms with Crippen molar-refractivity contribution in [3.63, 3.8) is 0 Å². The van der Waals surface area contributed by atoms with Crippen molar-refractivity contribution in [2.75, 3.05) is 5.32 Å². The number of thiophene rings is 1. The molecule has 0 saturated heterocycles. The van der Waals surface area contributed by atoms with Gasteiger partial charge in [0.1, 0.15) is 0 Å². The second-order valence-corrected chi connectivity index (χ2v) is 6.18. The number of hydrogen-bond donors (Lipinski definition) is 1. The summed E-state index contributed by atoms with van der Waals surface area (Å²) in [6.45, 7) is 0.772. The summed E-state index contributed by atoms with van der Waals surface area (Å²) in [5.74, 6) is 0. The van der Waals surface area contributed by atoms with E-state index in [0.29, 0.717) is 5.56 Å². The van der Waals surface area contributed by atoms with Gasteiger partial charge in [-0.1, -0.05) is 18.2 Å². The Morgan fingerprint density at radius 3 is 2.85 bits per heavy atom. The van der Waals surface area contributed by atoms with Crippen LogP contribution in [-0.4, -0.2) is 0 Å². The SMILES string of the molecule is N#Cc1ccc(NCc2csc3ccccc23)c(Br)c1. The first-order chi connectivity index (χ1) is 9.78. The summed E-state index contributed by atoms with van der Waals surface area (Å²) in [7, 11) is 0. The highest BCUT2D eigenvalue weighted by atomic mass is 79.9. The second kappa shape index (κ2) is 5.66. The number of nitriles is 1. The van der Waals surface area contributed by atoms with Crippen molar-refractivity contribution in [2.24, 2.45) is 0 Å². The van der Waals surface area contributed by atoms with Gasteiger partial charge in [0.2, 0.25) is 0 Å². The van der Waals surface area contributed by atoms with Crippen LogP contribution in [0.2, 0.25) is 0 Å². The van der Waals surface area contributed by atoms with Gasteiger partial charge in [0.25, 0.3) is 0 Å². The Morgan fingerprint density at radius 1 is 1.20 bits per heavy atom. The smallest absolute Gasteiger partial charge is 0.0992 e. The van der Waals surface area contributed by atoms with E-state index in [-0.39, 0.29) is 0 Å². The standard InChI is InChI=1S/C16H11BrN2S/c17-14-7-11(8-18)5-6-15(14)19-9-12-10-20-16-4-2-1-3-13(12)16/h1-7,10,19H,9H2. The third kappa shape index (κ3) is 2.55. The molecular formula is C16H11BrN2S. The fraction of sp³-hybridized carbons (Fsp3) is 0.0625. The molecule has 98 valence electrons. The molecule has 3 rings (SSSR count). The van der Waals surface area contributed by atoms with Crippen LogP contribution >= 0.6 is 27.3 Å². The molecule has 20 heavy (non-hydrogen) atoms. The van der Waals surface area contributed by atoms with Gasteiger partial charge in [0.15, 0.2) is 0 Å².